The average molecular weight is 272 g/mol. The number of hydrogen-bond donors (Lipinski definition) is 1. The summed E-state index contributed by atoms with van der Waals surface area (Å²) in [4.78, 5) is 8.70. The van der Waals surface area contributed by atoms with Crippen LogP contribution in [0.5, 0.6) is 5.88 Å². The van der Waals surface area contributed by atoms with Gasteiger partial charge in [-0.05, 0) is 30.2 Å². The zero-order valence-corrected chi connectivity index (χ0v) is 11.7. The fraction of sp³-hybridized carbons (Fsp3) is 0.375. The van der Waals surface area contributed by atoms with Crippen molar-refractivity contribution in [3.8, 4) is 5.88 Å². The van der Waals surface area contributed by atoms with E-state index in [0.29, 0.717) is 12.5 Å². The second-order valence-corrected chi connectivity index (χ2v) is 4.63. The van der Waals surface area contributed by atoms with Gasteiger partial charge in [0.2, 0.25) is 5.88 Å². The van der Waals surface area contributed by atoms with Crippen LogP contribution in [0.2, 0.25) is 0 Å². The molecule has 0 saturated carbocycles. The third-order valence-corrected chi connectivity index (χ3v) is 2.94. The van der Waals surface area contributed by atoms with Gasteiger partial charge >= 0.3 is 0 Å². The van der Waals surface area contributed by atoms with E-state index in [4.69, 9.17) is 4.74 Å². The minimum absolute atomic E-state index is 0.00976. The number of nitrogens with zero attached hydrogens (tertiary/aromatic N) is 2. The molecule has 1 N–H and O–H groups in total. The van der Waals surface area contributed by atoms with Crippen molar-refractivity contribution in [3.05, 3.63) is 53.5 Å². The number of rotatable bonds is 7. The number of hydrogen-bond acceptors (Lipinski definition) is 4. The van der Waals surface area contributed by atoms with E-state index >= 15 is 0 Å². The zero-order valence-electron chi connectivity index (χ0n) is 11.7. The van der Waals surface area contributed by atoms with Crippen LogP contribution in [-0.4, -0.2) is 21.7 Å². The van der Waals surface area contributed by atoms with Crippen molar-refractivity contribution in [2.24, 2.45) is 0 Å². The number of pyridine rings is 2. The van der Waals surface area contributed by atoms with Crippen LogP contribution in [-0.2, 0) is 19.4 Å². The molecule has 0 bridgehead atoms. The van der Waals surface area contributed by atoms with Gasteiger partial charge in [-0.15, -0.1) is 0 Å². The molecule has 0 saturated heterocycles. The average Bonchev–Trinajstić information content (AvgIpc) is 2.48. The summed E-state index contributed by atoms with van der Waals surface area (Å²) < 4.78 is 5.68. The highest BCUT2D eigenvalue weighted by Gasteiger charge is 2.03. The van der Waals surface area contributed by atoms with Crippen LogP contribution in [0.1, 0.15) is 30.3 Å². The Hall–Kier alpha value is -1.94. The molecule has 0 atom stereocenters. The monoisotopic (exact) mass is 272 g/mol. The quantitative estimate of drug-likeness (QED) is 0.841. The van der Waals surface area contributed by atoms with Gasteiger partial charge in [-0.25, -0.2) is 4.98 Å². The Morgan fingerprint density at radius 3 is 2.75 bits per heavy atom. The van der Waals surface area contributed by atoms with Crippen molar-refractivity contribution < 1.29 is 9.84 Å². The molecule has 2 aromatic heterocycles. The fourth-order valence-electron chi connectivity index (χ4n) is 1.98. The van der Waals surface area contributed by atoms with Gasteiger partial charge in [0.15, 0.2) is 0 Å². The first kappa shape index (κ1) is 14.5. The summed E-state index contributed by atoms with van der Waals surface area (Å²) in [6.45, 7) is 2.65. The minimum atomic E-state index is 0.00976. The number of aliphatic hydroxyl groups excluding tert-OH is 1. The number of ether oxygens (including phenoxy) is 1. The van der Waals surface area contributed by atoms with Crippen LogP contribution in [0.4, 0.5) is 0 Å². The summed E-state index contributed by atoms with van der Waals surface area (Å²) in [7, 11) is 0. The maximum absolute atomic E-state index is 9.26. The largest absolute Gasteiger partial charge is 0.477 e. The Kier molecular flexibility index (Phi) is 5.50. The maximum Gasteiger partial charge on any atom is 0.213 e. The number of aryl methyl sites for hydroxylation is 1. The van der Waals surface area contributed by atoms with Gasteiger partial charge in [0.1, 0.15) is 0 Å². The molecule has 20 heavy (non-hydrogen) atoms. The summed E-state index contributed by atoms with van der Waals surface area (Å²) in [5.74, 6) is 0.580. The van der Waals surface area contributed by atoms with E-state index in [2.05, 4.69) is 16.9 Å². The highest BCUT2D eigenvalue weighted by atomic mass is 16.5. The predicted octanol–water partition coefficient (Wildman–Crippen LogP) is 2.54. The molecule has 0 aliphatic carbocycles. The molecule has 2 aromatic rings. The van der Waals surface area contributed by atoms with E-state index in [9.17, 15) is 5.11 Å². The molecular weight excluding hydrogens is 252 g/mol. The SMILES string of the molecule is CCCc1cc(CO)cc(OCCc2ccccn2)n1. The summed E-state index contributed by atoms with van der Waals surface area (Å²) >= 11 is 0. The lowest BCUT2D eigenvalue weighted by atomic mass is 10.2. The number of aromatic nitrogens is 2. The van der Waals surface area contributed by atoms with Crippen LogP contribution in [0.3, 0.4) is 0 Å². The lowest BCUT2D eigenvalue weighted by molar-refractivity contribution is 0.277. The third-order valence-electron chi connectivity index (χ3n) is 2.94. The normalized spacial score (nSPS) is 10.5. The minimum Gasteiger partial charge on any atom is -0.477 e. The third kappa shape index (κ3) is 4.31. The van der Waals surface area contributed by atoms with Crippen molar-refractivity contribution in [3.63, 3.8) is 0 Å². The van der Waals surface area contributed by atoms with Gasteiger partial charge in [-0.2, -0.15) is 0 Å². The molecule has 2 heterocycles. The smallest absolute Gasteiger partial charge is 0.213 e. The van der Waals surface area contributed by atoms with Crippen LogP contribution in [0.25, 0.3) is 0 Å². The van der Waals surface area contributed by atoms with Gasteiger partial charge in [-0.1, -0.05) is 19.4 Å². The van der Waals surface area contributed by atoms with Crippen LogP contribution >= 0.6 is 0 Å². The molecule has 0 radical (unpaired) electrons. The van der Waals surface area contributed by atoms with Gasteiger partial charge in [0, 0.05) is 30.1 Å². The van der Waals surface area contributed by atoms with Crippen molar-refractivity contribution in [1.82, 2.24) is 9.97 Å². The molecule has 0 fully saturated rings. The lowest BCUT2D eigenvalue weighted by Crippen LogP contribution is -2.05. The molecule has 0 spiro atoms. The Balaban J connectivity index is 1.96. The van der Waals surface area contributed by atoms with E-state index in [0.717, 1.165) is 36.2 Å². The van der Waals surface area contributed by atoms with Crippen LogP contribution in [0.15, 0.2) is 36.5 Å². The predicted molar refractivity (Wildman–Crippen MR) is 77.6 cm³/mol. The van der Waals surface area contributed by atoms with Gasteiger partial charge in [0.25, 0.3) is 0 Å². The zero-order chi connectivity index (χ0) is 14.2. The van der Waals surface area contributed by atoms with Crippen molar-refractivity contribution >= 4 is 0 Å². The molecule has 4 nitrogen and oxygen atoms in total. The first-order valence-electron chi connectivity index (χ1n) is 6.95. The summed E-state index contributed by atoms with van der Waals surface area (Å²) in [5.41, 5.74) is 2.81. The Bertz CT molecular complexity index is 529. The second kappa shape index (κ2) is 7.60. The van der Waals surface area contributed by atoms with Crippen molar-refractivity contribution in [2.45, 2.75) is 32.8 Å². The Morgan fingerprint density at radius 1 is 1.15 bits per heavy atom. The molecule has 0 aliphatic rings. The van der Waals surface area contributed by atoms with E-state index in [1.165, 1.54) is 0 Å². The molecule has 0 aromatic carbocycles. The maximum atomic E-state index is 9.26. The highest BCUT2D eigenvalue weighted by Crippen LogP contribution is 2.14. The van der Waals surface area contributed by atoms with E-state index in [1.54, 1.807) is 12.3 Å². The molecule has 0 aliphatic heterocycles. The first-order chi connectivity index (χ1) is 9.81. The molecule has 4 heteroatoms. The van der Waals surface area contributed by atoms with Crippen LogP contribution in [0, 0.1) is 0 Å². The fourth-order valence-corrected chi connectivity index (χ4v) is 1.98. The molecule has 2 rings (SSSR count). The topological polar surface area (TPSA) is 55.2 Å². The molecular formula is C16H20N2O2. The summed E-state index contributed by atoms with van der Waals surface area (Å²) in [5, 5.41) is 9.26. The Morgan fingerprint density at radius 2 is 2.05 bits per heavy atom. The Labute approximate surface area is 119 Å². The van der Waals surface area contributed by atoms with Crippen LogP contribution < -0.4 is 4.74 Å². The standard InChI is InChI=1S/C16H20N2O2/c1-2-5-15-10-13(12-19)11-16(18-15)20-9-7-14-6-3-4-8-17-14/h3-4,6,8,10-11,19H,2,5,7,9,12H2,1H3. The van der Waals surface area contributed by atoms with E-state index < -0.39 is 0 Å². The highest BCUT2D eigenvalue weighted by molar-refractivity contribution is 5.25. The lowest BCUT2D eigenvalue weighted by Gasteiger charge is -2.09. The number of aliphatic hydroxyl groups is 1. The van der Waals surface area contributed by atoms with Gasteiger partial charge in [-0.3, -0.25) is 4.98 Å². The first-order valence-corrected chi connectivity index (χ1v) is 6.95. The van der Waals surface area contributed by atoms with E-state index in [1.807, 2.05) is 24.3 Å². The molecule has 106 valence electrons. The van der Waals surface area contributed by atoms with Gasteiger partial charge in [0.05, 0.1) is 13.2 Å². The molecule has 0 unspecified atom stereocenters. The second-order valence-electron chi connectivity index (χ2n) is 4.63. The summed E-state index contributed by atoms with van der Waals surface area (Å²) in [6, 6.07) is 9.55. The summed E-state index contributed by atoms with van der Waals surface area (Å²) in [6.07, 6.45) is 4.44. The van der Waals surface area contributed by atoms with Gasteiger partial charge < -0.3 is 9.84 Å². The van der Waals surface area contributed by atoms with E-state index in [-0.39, 0.29) is 6.61 Å². The van der Waals surface area contributed by atoms with Crippen molar-refractivity contribution in [1.29, 1.82) is 0 Å². The van der Waals surface area contributed by atoms with Crippen molar-refractivity contribution in [2.75, 3.05) is 6.61 Å². The molecule has 0 amide bonds.